The Hall–Kier alpha value is -0.133. The topological polar surface area (TPSA) is 0 Å². The molecule has 1 unspecified atom stereocenters. The van der Waals surface area contributed by atoms with Gasteiger partial charge >= 0.3 is 0 Å². The molecule has 0 nitrogen and oxygen atoms in total. The summed E-state index contributed by atoms with van der Waals surface area (Å²) in [6.07, 6.45) is 1.22. The maximum Gasteiger partial charge on any atom is 0.0673 e. The minimum Gasteiger partial charge on any atom is -0.153 e. The lowest BCUT2D eigenvalue weighted by atomic mass is 10.2. The number of benzene rings is 1. The molecule has 2 radical (unpaired) electrons. The van der Waals surface area contributed by atoms with E-state index >= 15 is 0 Å². The molecule has 0 fully saturated rings. The van der Waals surface area contributed by atoms with E-state index in [-0.39, 0.29) is 0 Å². The van der Waals surface area contributed by atoms with Crippen LogP contribution in [0.5, 0.6) is 0 Å². The third-order valence-electron chi connectivity index (χ3n) is 1.40. The molecular formula is C8H11PSi. The minimum absolute atomic E-state index is 1.000. The SMILES string of the molecule is P[Si]CCc1ccccc1. The van der Waals surface area contributed by atoms with Gasteiger partial charge in [0.1, 0.15) is 0 Å². The Morgan fingerprint density at radius 3 is 2.50 bits per heavy atom. The van der Waals surface area contributed by atoms with Crippen molar-refractivity contribution >= 4 is 18.0 Å². The van der Waals surface area contributed by atoms with Crippen molar-refractivity contribution in [3.63, 3.8) is 0 Å². The van der Waals surface area contributed by atoms with Crippen LogP contribution in [-0.4, -0.2) is 9.19 Å². The quantitative estimate of drug-likeness (QED) is 0.476. The zero-order chi connectivity index (χ0) is 7.23. The third kappa shape index (κ3) is 2.63. The van der Waals surface area contributed by atoms with Crippen molar-refractivity contribution in [3.05, 3.63) is 35.9 Å². The van der Waals surface area contributed by atoms with Crippen LogP contribution < -0.4 is 0 Å². The average molecular weight is 166 g/mol. The van der Waals surface area contributed by atoms with Gasteiger partial charge in [0.25, 0.3) is 0 Å². The monoisotopic (exact) mass is 166 g/mol. The number of rotatable bonds is 3. The Morgan fingerprint density at radius 1 is 1.20 bits per heavy atom. The summed E-state index contributed by atoms with van der Waals surface area (Å²) in [5.41, 5.74) is 1.46. The molecule has 0 heterocycles. The summed E-state index contributed by atoms with van der Waals surface area (Å²) in [7, 11) is 3.78. The van der Waals surface area contributed by atoms with Crippen LogP contribution in [0.3, 0.4) is 0 Å². The molecule has 0 aliphatic heterocycles. The molecule has 0 aromatic heterocycles. The first-order valence-electron chi connectivity index (χ1n) is 3.41. The van der Waals surface area contributed by atoms with E-state index in [1.54, 1.807) is 0 Å². The van der Waals surface area contributed by atoms with Gasteiger partial charge in [-0.05, 0) is 12.0 Å². The smallest absolute Gasteiger partial charge is 0.0673 e. The van der Waals surface area contributed by atoms with Crippen LogP contribution >= 0.6 is 8.79 Å². The predicted molar refractivity (Wildman–Crippen MR) is 50.4 cm³/mol. The van der Waals surface area contributed by atoms with Crippen LogP contribution in [0.15, 0.2) is 30.3 Å². The molecular weight excluding hydrogens is 155 g/mol. The first-order valence-corrected chi connectivity index (χ1v) is 6.42. The minimum atomic E-state index is 1.000. The summed E-state index contributed by atoms with van der Waals surface area (Å²) in [5.74, 6) is 0. The molecule has 2 heteroatoms. The molecule has 0 aliphatic carbocycles. The fourth-order valence-electron chi connectivity index (χ4n) is 0.861. The van der Waals surface area contributed by atoms with Crippen molar-refractivity contribution in [1.29, 1.82) is 0 Å². The zero-order valence-electron chi connectivity index (χ0n) is 5.88. The van der Waals surface area contributed by atoms with Crippen molar-refractivity contribution in [1.82, 2.24) is 0 Å². The predicted octanol–water partition coefficient (Wildman–Crippen LogP) is 2.14. The Bertz CT molecular complexity index is 174. The maximum atomic E-state index is 2.78. The summed E-state index contributed by atoms with van der Waals surface area (Å²) in [6, 6.07) is 11.9. The number of aryl methyl sites for hydroxylation is 1. The van der Waals surface area contributed by atoms with Gasteiger partial charge in [-0.2, -0.15) is 8.79 Å². The lowest BCUT2D eigenvalue weighted by molar-refractivity contribution is 1.13. The van der Waals surface area contributed by atoms with E-state index in [9.17, 15) is 0 Å². The van der Waals surface area contributed by atoms with Gasteiger partial charge in [0.2, 0.25) is 0 Å². The third-order valence-corrected chi connectivity index (χ3v) is 2.81. The molecule has 1 atom stereocenters. The van der Waals surface area contributed by atoms with Gasteiger partial charge < -0.3 is 0 Å². The Morgan fingerprint density at radius 2 is 1.90 bits per heavy atom. The van der Waals surface area contributed by atoms with E-state index < -0.39 is 0 Å². The second-order valence-corrected chi connectivity index (χ2v) is 4.32. The Balaban J connectivity index is 2.43. The van der Waals surface area contributed by atoms with Crippen molar-refractivity contribution in [2.24, 2.45) is 0 Å². The van der Waals surface area contributed by atoms with E-state index in [0.717, 1.165) is 9.19 Å². The van der Waals surface area contributed by atoms with Crippen LogP contribution in [0.4, 0.5) is 0 Å². The van der Waals surface area contributed by atoms with E-state index in [2.05, 4.69) is 39.1 Å². The van der Waals surface area contributed by atoms with Gasteiger partial charge in [0, 0.05) is 0 Å². The summed E-state index contributed by atoms with van der Waals surface area (Å²) in [4.78, 5) is 0. The Kier molecular flexibility index (Phi) is 3.70. The summed E-state index contributed by atoms with van der Waals surface area (Å²) < 4.78 is 0. The van der Waals surface area contributed by atoms with Gasteiger partial charge in [-0.1, -0.05) is 36.4 Å². The second-order valence-electron chi connectivity index (χ2n) is 2.19. The molecule has 0 saturated heterocycles. The van der Waals surface area contributed by atoms with Gasteiger partial charge in [-0.15, -0.1) is 0 Å². The molecule has 0 N–H and O–H groups in total. The highest BCUT2D eigenvalue weighted by molar-refractivity contribution is 7.55. The highest BCUT2D eigenvalue weighted by Crippen LogP contribution is 2.02. The van der Waals surface area contributed by atoms with Crippen molar-refractivity contribution < 1.29 is 0 Å². The Labute approximate surface area is 66.9 Å². The second kappa shape index (κ2) is 4.65. The standard InChI is InChI=1S/C8H11PSi/c9-10-7-6-8-4-2-1-3-5-8/h1-5H,6-7,9H2. The molecule has 52 valence electrons. The molecule has 0 amide bonds. The van der Waals surface area contributed by atoms with E-state index in [1.165, 1.54) is 18.0 Å². The first kappa shape index (κ1) is 7.97. The molecule has 0 saturated carbocycles. The highest BCUT2D eigenvalue weighted by Gasteiger charge is 1.88. The van der Waals surface area contributed by atoms with Gasteiger partial charge in [0.05, 0.1) is 9.19 Å². The van der Waals surface area contributed by atoms with Gasteiger partial charge in [-0.3, -0.25) is 0 Å². The molecule has 1 aromatic carbocycles. The first-order chi connectivity index (χ1) is 4.93. The lowest BCUT2D eigenvalue weighted by Crippen LogP contribution is -1.84. The normalized spacial score (nSPS) is 9.70. The summed E-state index contributed by atoms with van der Waals surface area (Å²) in [5, 5.41) is 0. The number of hydrogen-bond acceptors (Lipinski definition) is 0. The summed E-state index contributed by atoms with van der Waals surface area (Å²) in [6.45, 7) is 0. The average Bonchev–Trinajstić information content (AvgIpc) is 2.03. The number of hydrogen-bond donors (Lipinski definition) is 0. The maximum absolute atomic E-state index is 2.78. The zero-order valence-corrected chi connectivity index (χ0v) is 8.03. The van der Waals surface area contributed by atoms with Gasteiger partial charge in [-0.25, -0.2) is 0 Å². The van der Waals surface area contributed by atoms with Crippen molar-refractivity contribution in [2.45, 2.75) is 12.5 Å². The molecule has 1 aromatic rings. The largest absolute Gasteiger partial charge is 0.153 e. The molecule has 1 rings (SSSR count). The highest BCUT2D eigenvalue weighted by atomic mass is 31.3. The van der Waals surface area contributed by atoms with Crippen LogP contribution in [-0.2, 0) is 6.42 Å². The fourth-order valence-corrected chi connectivity index (χ4v) is 1.73. The van der Waals surface area contributed by atoms with Crippen LogP contribution in [0, 0.1) is 0 Å². The molecule has 0 bridgehead atoms. The van der Waals surface area contributed by atoms with E-state index in [0.29, 0.717) is 0 Å². The lowest BCUT2D eigenvalue weighted by Gasteiger charge is -1.95. The molecule has 0 aliphatic rings. The summed E-state index contributed by atoms with van der Waals surface area (Å²) >= 11 is 0. The van der Waals surface area contributed by atoms with Crippen LogP contribution in [0.25, 0.3) is 0 Å². The molecule has 10 heavy (non-hydrogen) atoms. The van der Waals surface area contributed by atoms with Crippen LogP contribution in [0.2, 0.25) is 6.04 Å². The van der Waals surface area contributed by atoms with Crippen molar-refractivity contribution in [3.8, 4) is 0 Å². The van der Waals surface area contributed by atoms with Crippen molar-refractivity contribution in [2.75, 3.05) is 0 Å². The molecule has 0 spiro atoms. The van der Waals surface area contributed by atoms with Gasteiger partial charge in [0.15, 0.2) is 0 Å². The van der Waals surface area contributed by atoms with E-state index in [1.807, 2.05) is 0 Å². The van der Waals surface area contributed by atoms with Crippen LogP contribution in [0.1, 0.15) is 5.56 Å². The van der Waals surface area contributed by atoms with E-state index in [4.69, 9.17) is 0 Å². The fraction of sp³-hybridized carbons (Fsp3) is 0.250.